The van der Waals surface area contributed by atoms with E-state index in [0.29, 0.717) is 22.5 Å². The second-order valence-electron chi connectivity index (χ2n) is 8.79. The molecule has 1 heterocycles. The van der Waals surface area contributed by atoms with Crippen LogP contribution in [0, 0.1) is 6.92 Å². The van der Waals surface area contributed by atoms with Crippen LogP contribution >= 0.6 is 7.14 Å². The summed E-state index contributed by atoms with van der Waals surface area (Å²) in [6, 6.07) is 25.5. The lowest BCUT2D eigenvalue weighted by molar-refractivity contribution is 0.347. The number of aryl methyl sites for hydroxylation is 1. The standard InChI is InChI=1S/C27H30NO4PS/c1-21(2)27(33(29,24-10-6-4-7-11-24)25-12-8-5-9-13-25)19-28(18-23-20-32-23)34(30,31)26-16-14-22(3)15-17-26/h4-17,23H,18-20H2,1-3H3. The van der Waals surface area contributed by atoms with E-state index in [1.54, 1.807) is 24.3 Å². The van der Waals surface area contributed by atoms with Crippen molar-refractivity contribution < 1.29 is 17.7 Å². The van der Waals surface area contributed by atoms with Crippen LogP contribution < -0.4 is 10.6 Å². The molecule has 1 unspecified atom stereocenters. The molecule has 0 N–H and O–H groups in total. The van der Waals surface area contributed by atoms with Gasteiger partial charge in [0.05, 0.1) is 17.6 Å². The number of sulfonamides is 1. The zero-order valence-electron chi connectivity index (χ0n) is 19.7. The van der Waals surface area contributed by atoms with Gasteiger partial charge in [0.1, 0.15) is 0 Å². The highest BCUT2D eigenvalue weighted by Gasteiger charge is 2.38. The molecular weight excluding hydrogens is 465 g/mol. The number of epoxide rings is 1. The molecule has 0 aliphatic carbocycles. The van der Waals surface area contributed by atoms with Gasteiger partial charge in [0.2, 0.25) is 10.0 Å². The molecule has 0 aromatic heterocycles. The summed E-state index contributed by atoms with van der Waals surface area (Å²) in [6.07, 6.45) is -0.147. The van der Waals surface area contributed by atoms with Gasteiger partial charge in [0, 0.05) is 29.0 Å². The van der Waals surface area contributed by atoms with Gasteiger partial charge in [0.25, 0.3) is 0 Å². The highest BCUT2D eigenvalue weighted by atomic mass is 32.2. The Labute approximate surface area is 202 Å². The number of nitrogens with zero attached hydrogens (tertiary/aromatic N) is 1. The van der Waals surface area contributed by atoms with Gasteiger partial charge in [-0.2, -0.15) is 4.31 Å². The molecule has 1 aliphatic heterocycles. The molecule has 0 bridgehead atoms. The van der Waals surface area contributed by atoms with Crippen LogP contribution in [0.1, 0.15) is 19.4 Å². The van der Waals surface area contributed by atoms with Crippen molar-refractivity contribution >= 4 is 27.8 Å². The molecule has 3 aromatic carbocycles. The molecule has 178 valence electrons. The van der Waals surface area contributed by atoms with Crippen LogP contribution in [0.4, 0.5) is 0 Å². The number of benzene rings is 3. The van der Waals surface area contributed by atoms with Crippen molar-refractivity contribution in [2.45, 2.75) is 31.8 Å². The number of allylic oxidation sites excluding steroid dienone is 1. The first-order chi connectivity index (χ1) is 16.2. The fourth-order valence-corrected chi connectivity index (χ4v) is 8.62. The Morgan fingerprint density at radius 1 is 0.912 bits per heavy atom. The number of rotatable bonds is 9. The molecule has 1 aliphatic rings. The van der Waals surface area contributed by atoms with Crippen LogP contribution in [0.2, 0.25) is 0 Å². The predicted molar refractivity (Wildman–Crippen MR) is 138 cm³/mol. The third kappa shape index (κ3) is 5.11. The van der Waals surface area contributed by atoms with E-state index in [2.05, 4.69) is 0 Å². The molecule has 1 fully saturated rings. The van der Waals surface area contributed by atoms with E-state index in [0.717, 1.165) is 11.1 Å². The van der Waals surface area contributed by atoms with E-state index in [4.69, 9.17) is 4.74 Å². The summed E-state index contributed by atoms with van der Waals surface area (Å²) in [5, 5.41) is 2.00. The predicted octanol–water partition coefficient (Wildman–Crippen LogP) is 4.69. The van der Waals surface area contributed by atoms with Gasteiger partial charge in [-0.05, 0) is 32.9 Å². The van der Waals surface area contributed by atoms with E-state index in [1.807, 2.05) is 81.4 Å². The quantitative estimate of drug-likeness (QED) is 0.319. The minimum Gasteiger partial charge on any atom is -0.372 e. The summed E-state index contributed by atoms with van der Waals surface area (Å²) in [6.45, 7) is 6.49. The Balaban J connectivity index is 1.83. The first kappa shape index (κ1) is 24.6. The lowest BCUT2D eigenvalue weighted by atomic mass is 10.2. The van der Waals surface area contributed by atoms with Crippen molar-refractivity contribution in [3.8, 4) is 0 Å². The monoisotopic (exact) mass is 495 g/mol. The maximum absolute atomic E-state index is 15.0. The van der Waals surface area contributed by atoms with E-state index in [9.17, 15) is 13.0 Å². The minimum atomic E-state index is -3.83. The van der Waals surface area contributed by atoms with E-state index in [1.165, 1.54) is 4.31 Å². The molecular formula is C27H30NO4PS. The van der Waals surface area contributed by atoms with Crippen LogP contribution in [0.5, 0.6) is 0 Å². The Bertz CT molecular complexity index is 1270. The Morgan fingerprint density at radius 3 is 1.85 bits per heavy atom. The molecule has 0 radical (unpaired) electrons. The second kappa shape index (κ2) is 10.0. The Morgan fingerprint density at radius 2 is 1.41 bits per heavy atom. The largest absolute Gasteiger partial charge is 0.372 e. The summed E-state index contributed by atoms with van der Waals surface area (Å²) in [4.78, 5) is 0.223. The second-order valence-corrected chi connectivity index (χ2v) is 13.5. The third-order valence-corrected chi connectivity index (χ3v) is 11.2. The first-order valence-corrected chi connectivity index (χ1v) is 14.4. The number of hydrogen-bond acceptors (Lipinski definition) is 4. The van der Waals surface area contributed by atoms with Crippen molar-refractivity contribution in [2.24, 2.45) is 0 Å². The fraction of sp³-hybridized carbons (Fsp3) is 0.259. The van der Waals surface area contributed by atoms with Crippen LogP contribution in [0.15, 0.2) is 101 Å². The summed E-state index contributed by atoms with van der Waals surface area (Å²) in [5.41, 5.74) is 1.83. The summed E-state index contributed by atoms with van der Waals surface area (Å²) < 4.78 is 49.3. The van der Waals surface area contributed by atoms with Gasteiger partial charge in [0.15, 0.2) is 7.14 Å². The lowest BCUT2D eigenvalue weighted by Crippen LogP contribution is -2.37. The number of hydrogen-bond donors (Lipinski definition) is 0. The maximum Gasteiger partial charge on any atom is 0.243 e. The lowest BCUT2D eigenvalue weighted by Gasteiger charge is -2.29. The van der Waals surface area contributed by atoms with Crippen molar-refractivity contribution in [1.82, 2.24) is 4.31 Å². The van der Waals surface area contributed by atoms with Gasteiger partial charge in [-0.25, -0.2) is 8.42 Å². The van der Waals surface area contributed by atoms with E-state index >= 15 is 0 Å². The van der Waals surface area contributed by atoms with Crippen LogP contribution in [0.25, 0.3) is 0 Å². The molecule has 4 rings (SSSR count). The SMILES string of the molecule is CC(C)=C(CN(CC1CO1)S(=O)(=O)c1ccc(C)cc1)P(=O)(c1ccccc1)c1ccccc1. The normalized spacial score (nSPS) is 15.8. The van der Waals surface area contributed by atoms with Crippen molar-refractivity contribution in [1.29, 1.82) is 0 Å². The fourth-order valence-electron chi connectivity index (χ4n) is 3.98. The van der Waals surface area contributed by atoms with Crippen LogP contribution in [0.3, 0.4) is 0 Å². The third-order valence-electron chi connectivity index (χ3n) is 5.99. The highest BCUT2D eigenvalue weighted by Crippen LogP contribution is 2.53. The molecule has 1 saturated heterocycles. The minimum absolute atomic E-state index is 0.0273. The topological polar surface area (TPSA) is 67.0 Å². The van der Waals surface area contributed by atoms with Crippen molar-refractivity contribution in [2.75, 3.05) is 19.7 Å². The molecule has 1 atom stereocenters. The zero-order valence-corrected chi connectivity index (χ0v) is 21.4. The number of ether oxygens (including phenoxy) is 1. The Kier molecular flexibility index (Phi) is 7.25. The zero-order chi connectivity index (χ0) is 24.3. The average molecular weight is 496 g/mol. The Hall–Kier alpha value is -2.50. The van der Waals surface area contributed by atoms with Gasteiger partial charge in [-0.1, -0.05) is 83.9 Å². The van der Waals surface area contributed by atoms with Gasteiger partial charge < -0.3 is 9.30 Å². The molecule has 5 nitrogen and oxygen atoms in total. The summed E-state index contributed by atoms with van der Waals surface area (Å²) >= 11 is 0. The van der Waals surface area contributed by atoms with E-state index < -0.39 is 17.2 Å². The van der Waals surface area contributed by atoms with E-state index in [-0.39, 0.29) is 24.1 Å². The molecule has 3 aromatic rings. The summed E-state index contributed by atoms with van der Waals surface area (Å²) in [5.74, 6) is 0. The molecule has 0 spiro atoms. The highest BCUT2D eigenvalue weighted by molar-refractivity contribution is 7.89. The molecule has 7 heteroatoms. The maximum atomic E-state index is 15.0. The summed E-state index contributed by atoms with van der Waals surface area (Å²) in [7, 11) is -7.13. The molecule has 34 heavy (non-hydrogen) atoms. The van der Waals surface area contributed by atoms with Crippen LogP contribution in [-0.4, -0.2) is 38.5 Å². The van der Waals surface area contributed by atoms with Crippen LogP contribution in [-0.2, 0) is 19.3 Å². The average Bonchev–Trinajstić information content (AvgIpc) is 3.66. The smallest absolute Gasteiger partial charge is 0.243 e. The van der Waals surface area contributed by atoms with Crippen molar-refractivity contribution in [3.63, 3.8) is 0 Å². The first-order valence-electron chi connectivity index (χ1n) is 11.3. The molecule has 0 saturated carbocycles. The molecule has 0 amide bonds. The van der Waals surface area contributed by atoms with Crippen molar-refractivity contribution in [3.05, 3.63) is 101 Å². The van der Waals surface area contributed by atoms with Gasteiger partial charge in [-0.3, -0.25) is 0 Å². The van der Waals surface area contributed by atoms with Gasteiger partial charge >= 0.3 is 0 Å². The van der Waals surface area contributed by atoms with Gasteiger partial charge in [-0.15, -0.1) is 0 Å².